The number of hydrogen-bond acceptors (Lipinski definition) is 3. The SMILES string of the molecule is C[C@H](O)CSc1ccc(O)cc1. The van der Waals surface area contributed by atoms with Crippen molar-refractivity contribution in [1.82, 2.24) is 0 Å². The van der Waals surface area contributed by atoms with E-state index in [1.54, 1.807) is 30.8 Å². The second kappa shape index (κ2) is 4.38. The van der Waals surface area contributed by atoms with Crippen molar-refractivity contribution in [2.75, 3.05) is 5.75 Å². The molecule has 1 rings (SSSR count). The molecule has 1 aromatic carbocycles. The Bertz CT molecular complexity index is 231. The fourth-order valence-electron chi connectivity index (χ4n) is 0.759. The Kier molecular flexibility index (Phi) is 3.44. The predicted octanol–water partition coefficient (Wildman–Crippen LogP) is 1.87. The molecule has 12 heavy (non-hydrogen) atoms. The molecule has 0 aliphatic rings. The third kappa shape index (κ3) is 3.15. The van der Waals surface area contributed by atoms with Gasteiger partial charge in [0.25, 0.3) is 0 Å². The zero-order chi connectivity index (χ0) is 8.97. The first kappa shape index (κ1) is 9.42. The second-order valence-corrected chi connectivity index (χ2v) is 3.75. The first-order valence-corrected chi connectivity index (χ1v) is 4.77. The van der Waals surface area contributed by atoms with E-state index in [1.807, 2.05) is 12.1 Å². The van der Waals surface area contributed by atoms with Crippen LogP contribution in [0.2, 0.25) is 0 Å². The Hall–Kier alpha value is -0.670. The Labute approximate surface area is 76.2 Å². The van der Waals surface area contributed by atoms with Gasteiger partial charge >= 0.3 is 0 Å². The molecule has 0 spiro atoms. The van der Waals surface area contributed by atoms with Gasteiger partial charge in [0.15, 0.2) is 0 Å². The van der Waals surface area contributed by atoms with Crippen molar-refractivity contribution in [3.8, 4) is 5.75 Å². The molecule has 2 N–H and O–H groups in total. The molecule has 0 aromatic heterocycles. The van der Waals surface area contributed by atoms with E-state index in [0.717, 1.165) is 4.90 Å². The highest BCUT2D eigenvalue weighted by atomic mass is 32.2. The van der Waals surface area contributed by atoms with Crippen LogP contribution in [-0.2, 0) is 0 Å². The van der Waals surface area contributed by atoms with Crippen LogP contribution in [0.3, 0.4) is 0 Å². The number of aliphatic hydroxyl groups excluding tert-OH is 1. The molecule has 0 bridgehead atoms. The van der Waals surface area contributed by atoms with Gasteiger partial charge in [-0.2, -0.15) is 0 Å². The van der Waals surface area contributed by atoms with Crippen LogP contribution in [0, 0.1) is 0 Å². The molecule has 0 heterocycles. The average molecular weight is 184 g/mol. The maximum absolute atomic E-state index is 9.00. The van der Waals surface area contributed by atoms with Crippen molar-refractivity contribution in [1.29, 1.82) is 0 Å². The van der Waals surface area contributed by atoms with Crippen LogP contribution in [0.4, 0.5) is 0 Å². The fraction of sp³-hybridized carbons (Fsp3) is 0.333. The van der Waals surface area contributed by atoms with E-state index in [9.17, 15) is 0 Å². The summed E-state index contributed by atoms with van der Waals surface area (Å²) in [5.74, 6) is 0.960. The molecule has 3 heteroatoms. The maximum Gasteiger partial charge on any atom is 0.115 e. The zero-order valence-electron chi connectivity index (χ0n) is 6.90. The quantitative estimate of drug-likeness (QED) is 0.704. The average Bonchev–Trinajstić information content (AvgIpc) is 2.03. The summed E-state index contributed by atoms with van der Waals surface area (Å²) < 4.78 is 0. The Balaban J connectivity index is 2.48. The van der Waals surface area contributed by atoms with E-state index in [-0.39, 0.29) is 11.9 Å². The molecule has 2 nitrogen and oxygen atoms in total. The smallest absolute Gasteiger partial charge is 0.115 e. The summed E-state index contributed by atoms with van der Waals surface area (Å²) >= 11 is 1.58. The molecule has 1 aromatic rings. The van der Waals surface area contributed by atoms with Gasteiger partial charge in [-0.15, -0.1) is 11.8 Å². The summed E-state index contributed by atoms with van der Waals surface area (Å²) in [7, 11) is 0. The van der Waals surface area contributed by atoms with Gasteiger partial charge in [0.05, 0.1) is 6.10 Å². The topological polar surface area (TPSA) is 40.5 Å². The molecular weight excluding hydrogens is 172 g/mol. The minimum Gasteiger partial charge on any atom is -0.508 e. The molecule has 0 aliphatic carbocycles. The highest BCUT2D eigenvalue weighted by molar-refractivity contribution is 7.99. The summed E-state index contributed by atoms with van der Waals surface area (Å²) in [5, 5.41) is 18.0. The van der Waals surface area contributed by atoms with E-state index in [1.165, 1.54) is 0 Å². The number of phenolic OH excluding ortho intramolecular Hbond substituents is 1. The van der Waals surface area contributed by atoms with E-state index in [2.05, 4.69) is 0 Å². The number of phenols is 1. The Morgan fingerprint density at radius 1 is 1.33 bits per heavy atom. The Morgan fingerprint density at radius 3 is 2.42 bits per heavy atom. The largest absolute Gasteiger partial charge is 0.508 e. The maximum atomic E-state index is 9.00. The molecule has 0 saturated heterocycles. The van der Waals surface area contributed by atoms with Crippen LogP contribution in [0.25, 0.3) is 0 Å². The summed E-state index contributed by atoms with van der Waals surface area (Å²) in [6.45, 7) is 1.76. The molecule has 0 unspecified atom stereocenters. The van der Waals surface area contributed by atoms with Crippen LogP contribution in [0.15, 0.2) is 29.2 Å². The van der Waals surface area contributed by atoms with Crippen molar-refractivity contribution < 1.29 is 10.2 Å². The van der Waals surface area contributed by atoms with Crippen molar-refractivity contribution in [3.63, 3.8) is 0 Å². The van der Waals surface area contributed by atoms with Gasteiger partial charge in [-0.25, -0.2) is 0 Å². The monoisotopic (exact) mass is 184 g/mol. The minimum atomic E-state index is -0.288. The first-order chi connectivity index (χ1) is 5.68. The second-order valence-electron chi connectivity index (χ2n) is 2.65. The molecule has 0 radical (unpaired) electrons. The van der Waals surface area contributed by atoms with Crippen LogP contribution in [-0.4, -0.2) is 22.1 Å². The highest BCUT2D eigenvalue weighted by Gasteiger charge is 1.97. The number of aromatic hydroxyl groups is 1. The third-order valence-corrected chi connectivity index (χ3v) is 2.58. The van der Waals surface area contributed by atoms with Crippen LogP contribution in [0.5, 0.6) is 5.75 Å². The zero-order valence-corrected chi connectivity index (χ0v) is 7.71. The molecule has 66 valence electrons. The fourth-order valence-corrected chi connectivity index (χ4v) is 1.52. The number of hydrogen-bond donors (Lipinski definition) is 2. The third-order valence-electron chi connectivity index (χ3n) is 1.33. The Morgan fingerprint density at radius 2 is 1.92 bits per heavy atom. The van der Waals surface area contributed by atoms with Crippen molar-refractivity contribution in [2.45, 2.75) is 17.9 Å². The van der Waals surface area contributed by atoms with E-state index >= 15 is 0 Å². The summed E-state index contributed by atoms with van der Waals surface area (Å²) in [4.78, 5) is 1.06. The van der Waals surface area contributed by atoms with Crippen molar-refractivity contribution in [3.05, 3.63) is 24.3 Å². The predicted molar refractivity (Wildman–Crippen MR) is 50.5 cm³/mol. The molecule has 0 amide bonds. The van der Waals surface area contributed by atoms with Gasteiger partial charge in [0.1, 0.15) is 5.75 Å². The lowest BCUT2D eigenvalue weighted by Gasteiger charge is -2.03. The first-order valence-electron chi connectivity index (χ1n) is 3.78. The lowest BCUT2D eigenvalue weighted by atomic mass is 10.3. The van der Waals surface area contributed by atoms with Gasteiger partial charge in [-0.1, -0.05) is 0 Å². The van der Waals surface area contributed by atoms with Crippen LogP contribution in [0.1, 0.15) is 6.92 Å². The minimum absolute atomic E-state index is 0.274. The van der Waals surface area contributed by atoms with E-state index in [0.29, 0.717) is 5.75 Å². The number of rotatable bonds is 3. The van der Waals surface area contributed by atoms with Gasteiger partial charge in [-0.05, 0) is 31.2 Å². The normalized spacial score (nSPS) is 12.8. The van der Waals surface area contributed by atoms with Gasteiger partial charge < -0.3 is 10.2 Å². The highest BCUT2D eigenvalue weighted by Crippen LogP contribution is 2.20. The number of benzene rings is 1. The van der Waals surface area contributed by atoms with Gasteiger partial charge in [0, 0.05) is 10.6 Å². The number of aliphatic hydroxyl groups is 1. The lowest BCUT2D eigenvalue weighted by Crippen LogP contribution is -2.01. The van der Waals surface area contributed by atoms with E-state index < -0.39 is 0 Å². The molecular formula is C9H12O2S. The number of thioether (sulfide) groups is 1. The van der Waals surface area contributed by atoms with Crippen molar-refractivity contribution >= 4 is 11.8 Å². The molecule has 1 atom stereocenters. The summed E-state index contributed by atoms with van der Waals surface area (Å²) in [6, 6.07) is 6.96. The summed E-state index contributed by atoms with van der Waals surface area (Å²) in [5.41, 5.74) is 0. The van der Waals surface area contributed by atoms with Crippen LogP contribution >= 0.6 is 11.8 Å². The van der Waals surface area contributed by atoms with Crippen molar-refractivity contribution in [2.24, 2.45) is 0 Å². The van der Waals surface area contributed by atoms with E-state index in [4.69, 9.17) is 10.2 Å². The molecule has 0 aliphatic heterocycles. The standard InChI is InChI=1S/C9H12O2S/c1-7(10)6-12-9-4-2-8(11)3-5-9/h2-5,7,10-11H,6H2,1H3/t7-/m0/s1. The van der Waals surface area contributed by atoms with Gasteiger partial charge in [-0.3, -0.25) is 0 Å². The lowest BCUT2D eigenvalue weighted by molar-refractivity contribution is 0.220. The van der Waals surface area contributed by atoms with Crippen LogP contribution < -0.4 is 0 Å². The molecule has 0 saturated carbocycles. The van der Waals surface area contributed by atoms with Gasteiger partial charge in [0.2, 0.25) is 0 Å². The molecule has 0 fully saturated rings. The summed E-state index contributed by atoms with van der Waals surface area (Å²) in [6.07, 6.45) is -0.288.